The Balaban J connectivity index is 1.48. The molecule has 1 aromatic carbocycles. The molecular formula is C20H21N5O5S2. The maximum absolute atomic E-state index is 12.3. The zero-order valence-corrected chi connectivity index (χ0v) is 19.2. The summed E-state index contributed by atoms with van der Waals surface area (Å²) in [6, 6.07) is 12.1. The SMILES string of the molecule is COc1ccc(-c2nnc3ccc(OCCNS(=O)(=O)c4ccc(C)s4)nn23)c(OC)c1. The van der Waals surface area contributed by atoms with E-state index in [2.05, 4.69) is 20.0 Å². The predicted octanol–water partition coefficient (Wildman–Crippen LogP) is 2.54. The number of nitrogens with zero attached hydrogens (tertiary/aromatic N) is 4. The zero-order chi connectivity index (χ0) is 22.7. The van der Waals surface area contributed by atoms with Crippen LogP contribution in [0.4, 0.5) is 0 Å². The van der Waals surface area contributed by atoms with Crippen molar-refractivity contribution in [2.45, 2.75) is 11.1 Å². The van der Waals surface area contributed by atoms with Gasteiger partial charge in [-0.1, -0.05) is 0 Å². The highest BCUT2D eigenvalue weighted by Gasteiger charge is 2.17. The Hall–Kier alpha value is -3.22. The van der Waals surface area contributed by atoms with Gasteiger partial charge in [-0.3, -0.25) is 0 Å². The van der Waals surface area contributed by atoms with Gasteiger partial charge in [0.1, 0.15) is 22.3 Å². The fourth-order valence-corrected chi connectivity index (χ4v) is 5.30. The molecule has 32 heavy (non-hydrogen) atoms. The lowest BCUT2D eigenvalue weighted by Crippen LogP contribution is -2.27. The topological polar surface area (TPSA) is 117 Å². The molecule has 12 heteroatoms. The summed E-state index contributed by atoms with van der Waals surface area (Å²) in [4.78, 5) is 0.928. The Morgan fingerprint density at radius 2 is 1.91 bits per heavy atom. The van der Waals surface area contributed by atoms with Gasteiger partial charge in [0.05, 0.1) is 19.8 Å². The Labute approximate surface area is 188 Å². The minimum absolute atomic E-state index is 0.0976. The number of methoxy groups -OCH3 is 2. The minimum atomic E-state index is -3.56. The van der Waals surface area contributed by atoms with Crippen LogP contribution in [-0.2, 0) is 10.0 Å². The molecule has 0 unspecified atom stereocenters. The van der Waals surface area contributed by atoms with Crippen LogP contribution >= 0.6 is 11.3 Å². The lowest BCUT2D eigenvalue weighted by atomic mass is 10.2. The smallest absolute Gasteiger partial charge is 0.250 e. The highest BCUT2D eigenvalue weighted by atomic mass is 32.2. The van der Waals surface area contributed by atoms with Crippen LogP contribution in [0.1, 0.15) is 4.88 Å². The molecule has 0 aliphatic rings. The van der Waals surface area contributed by atoms with E-state index in [1.807, 2.05) is 13.0 Å². The van der Waals surface area contributed by atoms with Gasteiger partial charge in [0, 0.05) is 23.6 Å². The van der Waals surface area contributed by atoms with E-state index in [0.29, 0.717) is 34.4 Å². The van der Waals surface area contributed by atoms with Gasteiger partial charge in [0.2, 0.25) is 15.9 Å². The van der Waals surface area contributed by atoms with Crippen LogP contribution < -0.4 is 18.9 Å². The molecule has 168 valence electrons. The van der Waals surface area contributed by atoms with Crippen molar-refractivity contribution in [3.05, 3.63) is 47.3 Å². The van der Waals surface area contributed by atoms with Crippen LogP contribution in [0, 0.1) is 6.92 Å². The maximum atomic E-state index is 12.3. The molecule has 0 aliphatic heterocycles. The van der Waals surface area contributed by atoms with Crippen molar-refractivity contribution in [2.24, 2.45) is 0 Å². The molecular weight excluding hydrogens is 454 g/mol. The lowest BCUT2D eigenvalue weighted by Gasteiger charge is -2.10. The number of aryl methyl sites for hydroxylation is 1. The van der Waals surface area contributed by atoms with E-state index >= 15 is 0 Å². The monoisotopic (exact) mass is 475 g/mol. The number of rotatable bonds is 9. The molecule has 0 aliphatic carbocycles. The van der Waals surface area contributed by atoms with Crippen molar-refractivity contribution in [3.63, 3.8) is 0 Å². The van der Waals surface area contributed by atoms with Crippen molar-refractivity contribution in [3.8, 4) is 28.8 Å². The highest BCUT2D eigenvalue weighted by molar-refractivity contribution is 7.91. The molecule has 3 aromatic heterocycles. The molecule has 4 rings (SSSR count). The number of aromatic nitrogens is 4. The fourth-order valence-electron chi connectivity index (χ4n) is 2.96. The van der Waals surface area contributed by atoms with E-state index in [0.717, 1.165) is 4.88 Å². The number of hydrogen-bond acceptors (Lipinski definition) is 9. The van der Waals surface area contributed by atoms with Crippen LogP contribution in [0.3, 0.4) is 0 Å². The van der Waals surface area contributed by atoms with Crippen molar-refractivity contribution < 1.29 is 22.6 Å². The Bertz CT molecular complexity index is 1350. The lowest BCUT2D eigenvalue weighted by molar-refractivity contribution is 0.306. The molecule has 3 heterocycles. The number of thiophene rings is 1. The summed E-state index contributed by atoms with van der Waals surface area (Å²) in [6.07, 6.45) is 0. The van der Waals surface area contributed by atoms with Gasteiger partial charge in [0.15, 0.2) is 11.5 Å². The number of benzene rings is 1. The van der Waals surface area contributed by atoms with E-state index in [4.69, 9.17) is 14.2 Å². The number of hydrogen-bond donors (Lipinski definition) is 1. The van der Waals surface area contributed by atoms with Crippen LogP contribution in [0.25, 0.3) is 17.0 Å². The van der Waals surface area contributed by atoms with Crippen LogP contribution in [0.5, 0.6) is 17.4 Å². The number of fused-ring (bicyclic) bond motifs is 1. The molecule has 1 N–H and O–H groups in total. The predicted molar refractivity (Wildman–Crippen MR) is 119 cm³/mol. The second-order valence-corrected chi connectivity index (χ2v) is 9.92. The minimum Gasteiger partial charge on any atom is -0.497 e. The molecule has 0 bridgehead atoms. The van der Waals surface area contributed by atoms with E-state index in [1.54, 1.807) is 50.6 Å². The van der Waals surface area contributed by atoms with E-state index in [-0.39, 0.29) is 17.4 Å². The van der Waals surface area contributed by atoms with Gasteiger partial charge >= 0.3 is 0 Å². The van der Waals surface area contributed by atoms with Gasteiger partial charge in [0.25, 0.3) is 0 Å². The summed E-state index contributed by atoms with van der Waals surface area (Å²) in [6.45, 7) is 2.06. The van der Waals surface area contributed by atoms with Gasteiger partial charge in [-0.2, -0.15) is 4.52 Å². The zero-order valence-electron chi connectivity index (χ0n) is 17.6. The van der Waals surface area contributed by atoms with Crippen molar-refractivity contribution in [1.82, 2.24) is 24.5 Å². The first-order valence-electron chi connectivity index (χ1n) is 9.55. The Kier molecular flexibility index (Phi) is 6.26. The number of sulfonamides is 1. The molecule has 0 fully saturated rings. The normalized spacial score (nSPS) is 11.6. The molecule has 0 radical (unpaired) electrons. The largest absolute Gasteiger partial charge is 0.497 e. The molecule has 10 nitrogen and oxygen atoms in total. The Morgan fingerprint density at radius 3 is 2.62 bits per heavy atom. The first-order chi connectivity index (χ1) is 15.4. The summed E-state index contributed by atoms with van der Waals surface area (Å²) in [5, 5.41) is 12.8. The van der Waals surface area contributed by atoms with Crippen molar-refractivity contribution in [1.29, 1.82) is 0 Å². The first kappa shape index (κ1) is 22.0. The third-order valence-electron chi connectivity index (χ3n) is 4.51. The van der Waals surface area contributed by atoms with Gasteiger partial charge < -0.3 is 14.2 Å². The van der Waals surface area contributed by atoms with Gasteiger partial charge in [-0.05, 0) is 37.3 Å². The summed E-state index contributed by atoms with van der Waals surface area (Å²) in [7, 11) is -0.422. The number of ether oxygens (including phenoxy) is 3. The average molecular weight is 476 g/mol. The first-order valence-corrected chi connectivity index (χ1v) is 11.8. The fraction of sp³-hybridized carbons (Fsp3) is 0.250. The molecule has 0 saturated heterocycles. The highest BCUT2D eigenvalue weighted by Crippen LogP contribution is 2.32. The average Bonchev–Trinajstić information content (AvgIpc) is 3.42. The molecule has 0 saturated carbocycles. The Morgan fingerprint density at radius 1 is 1.06 bits per heavy atom. The van der Waals surface area contributed by atoms with Gasteiger partial charge in [-0.25, -0.2) is 13.1 Å². The van der Waals surface area contributed by atoms with Gasteiger partial charge in [-0.15, -0.1) is 26.6 Å². The van der Waals surface area contributed by atoms with Crippen molar-refractivity contribution in [2.75, 3.05) is 27.4 Å². The van der Waals surface area contributed by atoms with E-state index < -0.39 is 10.0 Å². The summed E-state index contributed by atoms with van der Waals surface area (Å²) >= 11 is 1.22. The van der Waals surface area contributed by atoms with E-state index in [9.17, 15) is 8.42 Å². The van der Waals surface area contributed by atoms with Crippen molar-refractivity contribution >= 4 is 27.0 Å². The summed E-state index contributed by atoms with van der Waals surface area (Å²) in [5.74, 6) is 1.98. The summed E-state index contributed by atoms with van der Waals surface area (Å²) < 4.78 is 45.3. The van der Waals surface area contributed by atoms with Crippen LogP contribution in [0.2, 0.25) is 0 Å². The maximum Gasteiger partial charge on any atom is 0.250 e. The third kappa shape index (κ3) is 4.52. The third-order valence-corrected chi connectivity index (χ3v) is 7.47. The molecule has 0 atom stereocenters. The second kappa shape index (κ2) is 9.10. The molecule has 0 spiro atoms. The van der Waals surface area contributed by atoms with Crippen LogP contribution in [-0.4, -0.2) is 55.6 Å². The quantitative estimate of drug-likeness (QED) is 0.367. The molecule has 4 aromatic rings. The van der Waals surface area contributed by atoms with E-state index in [1.165, 1.54) is 15.9 Å². The van der Waals surface area contributed by atoms with Crippen LogP contribution in [0.15, 0.2) is 46.7 Å². The second-order valence-electron chi connectivity index (χ2n) is 6.64. The summed E-state index contributed by atoms with van der Waals surface area (Å²) in [5.41, 5.74) is 1.21. The molecule has 0 amide bonds. The standard InChI is InChI=1S/C20H21N5O5S2/c1-13-4-9-19(31-13)32(26,27)21-10-11-30-18-8-7-17-22-23-20(25(17)24-18)15-6-5-14(28-2)12-16(15)29-3/h4-9,12,21H,10-11H2,1-3H3. The number of nitrogens with one attached hydrogen (secondary N) is 1.